The number of rotatable bonds is 3. The van der Waals surface area contributed by atoms with Crippen LogP contribution in [0.25, 0.3) is 0 Å². The van der Waals surface area contributed by atoms with Gasteiger partial charge < -0.3 is 11.1 Å². The van der Waals surface area contributed by atoms with Crippen molar-refractivity contribution in [2.24, 2.45) is 5.92 Å². The van der Waals surface area contributed by atoms with Crippen LogP contribution in [-0.2, 0) is 6.18 Å². The summed E-state index contributed by atoms with van der Waals surface area (Å²) in [5, 5.41) is 2.42. The molecule has 0 aliphatic heterocycles. The van der Waals surface area contributed by atoms with Crippen LogP contribution in [-0.4, -0.2) is 16.9 Å². The molecule has 1 aliphatic carbocycles. The van der Waals surface area contributed by atoms with Crippen LogP contribution < -0.4 is 11.1 Å². The zero-order valence-corrected chi connectivity index (χ0v) is 12.5. The van der Waals surface area contributed by atoms with Crippen LogP contribution in [0.4, 0.5) is 18.3 Å². The number of nitrogens with two attached hydrogens (primary N) is 1. The maximum absolute atomic E-state index is 12.8. The molecular weight excluding hydrogens is 303 g/mol. The largest absolute Gasteiger partial charge is 0.435 e. The molecule has 4 nitrogen and oxygen atoms in total. The van der Waals surface area contributed by atoms with E-state index in [-0.39, 0.29) is 11.2 Å². The van der Waals surface area contributed by atoms with E-state index in [1.54, 1.807) is 0 Å². The predicted molar refractivity (Wildman–Crippen MR) is 75.0 cm³/mol. The van der Waals surface area contributed by atoms with Gasteiger partial charge in [0.25, 0.3) is 5.91 Å². The molecule has 0 unspecified atom stereocenters. The average Bonchev–Trinajstić information content (AvgIpc) is 2.82. The van der Waals surface area contributed by atoms with Crippen molar-refractivity contribution < 1.29 is 18.0 Å². The van der Waals surface area contributed by atoms with Crippen molar-refractivity contribution in [1.82, 2.24) is 10.3 Å². The van der Waals surface area contributed by atoms with Crippen LogP contribution in [0.3, 0.4) is 0 Å². The van der Waals surface area contributed by atoms with Gasteiger partial charge in [-0.25, -0.2) is 4.98 Å². The number of nitrogens with zero attached hydrogens (tertiary/aromatic N) is 1. The van der Waals surface area contributed by atoms with Gasteiger partial charge in [0.05, 0.1) is 0 Å². The molecule has 0 spiro atoms. The van der Waals surface area contributed by atoms with E-state index >= 15 is 0 Å². The molecule has 1 aromatic rings. The number of amides is 1. The Hall–Kier alpha value is -1.31. The summed E-state index contributed by atoms with van der Waals surface area (Å²) in [4.78, 5) is 14.9. The highest BCUT2D eigenvalue weighted by molar-refractivity contribution is 7.17. The van der Waals surface area contributed by atoms with Crippen molar-refractivity contribution in [1.29, 1.82) is 0 Å². The van der Waals surface area contributed by atoms with Gasteiger partial charge in [-0.1, -0.05) is 30.6 Å². The first-order valence-electron chi connectivity index (χ1n) is 6.93. The molecule has 1 heterocycles. The summed E-state index contributed by atoms with van der Waals surface area (Å²) in [5.74, 6) is -0.420. The van der Waals surface area contributed by atoms with Gasteiger partial charge in [-0.3, -0.25) is 4.79 Å². The molecule has 0 bridgehead atoms. The third kappa shape index (κ3) is 3.87. The fraction of sp³-hybridized carbons (Fsp3) is 0.692. The van der Waals surface area contributed by atoms with Crippen molar-refractivity contribution >= 4 is 22.4 Å². The van der Waals surface area contributed by atoms with Gasteiger partial charge >= 0.3 is 6.18 Å². The van der Waals surface area contributed by atoms with E-state index in [0.29, 0.717) is 17.3 Å². The van der Waals surface area contributed by atoms with Crippen molar-refractivity contribution in [3.05, 3.63) is 10.6 Å². The van der Waals surface area contributed by atoms with Gasteiger partial charge in [-0.15, -0.1) is 0 Å². The fourth-order valence-electron chi connectivity index (χ4n) is 2.71. The Labute approximate surface area is 124 Å². The third-order valence-corrected chi connectivity index (χ3v) is 4.72. The summed E-state index contributed by atoms with van der Waals surface area (Å²) in [6, 6.07) is -0.151. The number of carbonyl (C=O) groups excluding carboxylic acids is 1. The second-order valence-corrected chi connectivity index (χ2v) is 6.42. The number of nitrogens with one attached hydrogen (secondary N) is 1. The smallest absolute Gasteiger partial charge is 0.375 e. The minimum atomic E-state index is -4.67. The number of thiazole rings is 1. The standard InChI is InChI=1S/C13H18F3N3OS/c1-7(8-5-3-2-4-6-8)18-11(20)9-10(13(14,15)16)19-12(17)21-9/h7-8H,2-6H2,1H3,(H2,17,19)(H,18,20)/t7-/m0/s1. The maximum atomic E-state index is 12.8. The molecule has 8 heteroatoms. The zero-order chi connectivity index (χ0) is 15.6. The first-order chi connectivity index (χ1) is 9.79. The predicted octanol–water partition coefficient (Wildman–Crippen LogP) is 3.44. The first-order valence-corrected chi connectivity index (χ1v) is 7.75. The molecule has 1 fully saturated rings. The number of hydrogen-bond acceptors (Lipinski definition) is 4. The molecule has 1 aromatic heterocycles. The molecular formula is C13H18F3N3OS. The first kappa shape index (κ1) is 16.1. The highest BCUT2D eigenvalue weighted by atomic mass is 32.1. The Morgan fingerprint density at radius 3 is 2.57 bits per heavy atom. The van der Waals surface area contributed by atoms with Crippen molar-refractivity contribution in [2.45, 2.75) is 51.2 Å². The Kier molecular flexibility index (Phi) is 4.75. The summed E-state index contributed by atoms with van der Waals surface area (Å²) in [5.41, 5.74) is 4.12. The van der Waals surface area contributed by atoms with E-state index in [0.717, 1.165) is 25.7 Å². The van der Waals surface area contributed by atoms with E-state index in [4.69, 9.17) is 5.73 Å². The average molecular weight is 321 g/mol. The molecule has 3 N–H and O–H groups in total. The molecule has 21 heavy (non-hydrogen) atoms. The molecule has 1 aliphatic rings. The normalized spacial score (nSPS) is 18.5. The monoisotopic (exact) mass is 321 g/mol. The quantitative estimate of drug-likeness (QED) is 0.896. The fourth-order valence-corrected chi connectivity index (χ4v) is 3.46. The van der Waals surface area contributed by atoms with Crippen molar-refractivity contribution in [3.8, 4) is 0 Å². The lowest BCUT2D eigenvalue weighted by Gasteiger charge is -2.28. The summed E-state index contributed by atoms with van der Waals surface area (Å²) in [6.07, 6.45) is 0.713. The number of anilines is 1. The lowest BCUT2D eigenvalue weighted by Crippen LogP contribution is -2.39. The minimum Gasteiger partial charge on any atom is -0.375 e. The Bertz CT molecular complexity index is 509. The molecule has 1 saturated carbocycles. The number of hydrogen-bond donors (Lipinski definition) is 2. The van der Waals surface area contributed by atoms with Gasteiger partial charge in [0.2, 0.25) is 0 Å². The second kappa shape index (κ2) is 6.21. The lowest BCUT2D eigenvalue weighted by atomic mass is 9.84. The van der Waals surface area contributed by atoms with Crippen LogP contribution in [0.1, 0.15) is 54.4 Å². The SMILES string of the molecule is C[C@H](NC(=O)c1sc(N)nc1C(F)(F)F)C1CCCCC1. The highest BCUT2D eigenvalue weighted by Gasteiger charge is 2.39. The lowest BCUT2D eigenvalue weighted by molar-refractivity contribution is -0.141. The summed E-state index contributed by atoms with van der Waals surface area (Å²) < 4.78 is 38.5. The van der Waals surface area contributed by atoms with E-state index < -0.39 is 22.7 Å². The molecule has 118 valence electrons. The number of aromatic nitrogens is 1. The van der Waals surface area contributed by atoms with Crippen molar-refractivity contribution in [3.63, 3.8) is 0 Å². The molecule has 1 amide bonds. The molecule has 2 rings (SSSR count). The van der Waals surface area contributed by atoms with E-state index in [1.807, 2.05) is 6.92 Å². The summed E-state index contributed by atoms with van der Waals surface area (Å²) in [7, 11) is 0. The minimum absolute atomic E-state index is 0.151. The second-order valence-electron chi connectivity index (χ2n) is 5.39. The molecule has 0 radical (unpaired) electrons. The molecule has 0 aromatic carbocycles. The number of halogens is 3. The third-order valence-electron chi connectivity index (χ3n) is 3.83. The molecule has 0 saturated heterocycles. The summed E-state index contributed by atoms with van der Waals surface area (Å²) >= 11 is 0.573. The van der Waals surface area contributed by atoms with E-state index in [2.05, 4.69) is 10.3 Å². The van der Waals surface area contributed by atoms with Gasteiger partial charge in [-0.2, -0.15) is 13.2 Å². The van der Waals surface area contributed by atoms with Crippen molar-refractivity contribution in [2.75, 3.05) is 5.73 Å². The Morgan fingerprint density at radius 2 is 2.00 bits per heavy atom. The van der Waals surface area contributed by atoms with Gasteiger partial charge in [-0.05, 0) is 25.7 Å². The van der Waals surface area contributed by atoms with Crippen LogP contribution in [0.2, 0.25) is 0 Å². The van der Waals surface area contributed by atoms with Crippen LogP contribution in [0.5, 0.6) is 0 Å². The van der Waals surface area contributed by atoms with Crippen LogP contribution in [0.15, 0.2) is 0 Å². The van der Waals surface area contributed by atoms with Crippen LogP contribution in [0, 0.1) is 5.92 Å². The Morgan fingerprint density at radius 1 is 1.38 bits per heavy atom. The van der Waals surface area contributed by atoms with Gasteiger partial charge in [0, 0.05) is 6.04 Å². The Balaban J connectivity index is 2.09. The summed E-state index contributed by atoms with van der Waals surface area (Å²) in [6.45, 7) is 1.84. The number of carbonyl (C=O) groups is 1. The topological polar surface area (TPSA) is 68.0 Å². The van der Waals surface area contributed by atoms with Gasteiger partial charge in [0.1, 0.15) is 4.88 Å². The maximum Gasteiger partial charge on any atom is 0.435 e. The number of nitrogen functional groups attached to an aromatic ring is 1. The highest BCUT2D eigenvalue weighted by Crippen LogP contribution is 2.35. The van der Waals surface area contributed by atoms with E-state index in [1.165, 1.54) is 6.42 Å². The molecule has 1 atom stereocenters. The van der Waals surface area contributed by atoms with Crippen LogP contribution >= 0.6 is 11.3 Å². The number of alkyl halides is 3. The van der Waals surface area contributed by atoms with E-state index in [9.17, 15) is 18.0 Å². The zero-order valence-electron chi connectivity index (χ0n) is 11.7. The van der Waals surface area contributed by atoms with Gasteiger partial charge in [0.15, 0.2) is 10.8 Å².